The summed E-state index contributed by atoms with van der Waals surface area (Å²) in [6.07, 6.45) is 0. The van der Waals surface area contributed by atoms with Crippen molar-refractivity contribution in [1.29, 1.82) is 0 Å². The predicted molar refractivity (Wildman–Crippen MR) is 83.5 cm³/mol. The van der Waals surface area contributed by atoms with Gasteiger partial charge in [-0.25, -0.2) is 9.65 Å². The molecule has 1 N–H and O–H groups in total. The number of rotatable bonds is 6. The van der Waals surface area contributed by atoms with Gasteiger partial charge in [-0.1, -0.05) is 39.0 Å². The summed E-state index contributed by atoms with van der Waals surface area (Å²) in [7, 11) is 0. The summed E-state index contributed by atoms with van der Waals surface area (Å²) in [6.45, 7) is 3.97. The Bertz CT molecular complexity index is 515. The molecule has 21 heavy (non-hydrogen) atoms. The third-order valence-corrected chi connectivity index (χ3v) is 3.96. The van der Waals surface area contributed by atoms with E-state index in [0.29, 0.717) is 5.75 Å². The van der Waals surface area contributed by atoms with Crippen molar-refractivity contribution in [2.45, 2.75) is 33.7 Å². The van der Waals surface area contributed by atoms with E-state index in [9.17, 15) is 9.36 Å². The molecule has 0 bridgehead atoms. The van der Waals surface area contributed by atoms with Crippen molar-refractivity contribution >= 4 is 24.1 Å². The van der Waals surface area contributed by atoms with Crippen LogP contribution in [0.5, 0.6) is 5.75 Å². The first-order valence-corrected chi connectivity index (χ1v) is 9.11. The van der Waals surface area contributed by atoms with Gasteiger partial charge in [-0.2, -0.15) is 0 Å². The first-order chi connectivity index (χ1) is 9.59. The third-order valence-electron chi connectivity index (χ3n) is 2.31. The summed E-state index contributed by atoms with van der Waals surface area (Å²) in [5, 5.41) is 2.46. The molecule has 0 radical (unpaired) electrons. The Morgan fingerprint density at radius 1 is 1.33 bits per heavy atom. The third kappa shape index (κ3) is 7.51. The summed E-state index contributed by atoms with van der Waals surface area (Å²) >= 11 is 5.81. The van der Waals surface area contributed by atoms with Crippen LogP contribution in [0.25, 0.3) is 0 Å². The highest BCUT2D eigenvalue weighted by Gasteiger charge is 2.28. The van der Waals surface area contributed by atoms with Gasteiger partial charge in [0.15, 0.2) is 0 Å². The molecule has 0 saturated carbocycles. The molecule has 0 saturated heterocycles. The number of carbonyl (C=O) groups is 1. The number of benzene rings is 1. The number of nitrogens with one attached hydrogen (secondary N) is 1. The summed E-state index contributed by atoms with van der Waals surface area (Å²) in [6, 6.07) is 7.67. The van der Waals surface area contributed by atoms with Crippen molar-refractivity contribution in [2.24, 2.45) is 5.41 Å². The Hall–Kier alpha value is -1.03. The molecular weight excluding hydrogens is 313 g/mol. The molecule has 0 aromatic heterocycles. The van der Waals surface area contributed by atoms with Gasteiger partial charge in [-0.3, -0.25) is 4.79 Å². The summed E-state index contributed by atoms with van der Waals surface area (Å²) in [4.78, 5) is 11.8. The minimum atomic E-state index is -3.67. The van der Waals surface area contributed by atoms with Crippen LogP contribution in [0.3, 0.4) is 0 Å². The number of carbonyl (C=O) groups excluding carboxylic acids is 1. The number of hydrogen-bond donors (Lipinski definition) is 1. The lowest BCUT2D eigenvalue weighted by Gasteiger charge is -2.21. The zero-order valence-electron chi connectivity index (χ0n) is 12.6. The zero-order valence-corrected chi connectivity index (χ0v) is 14.3. The van der Waals surface area contributed by atoms with Crippen LogP contribution in [-0.4, -0.2) is 18.6 Å². The van der Waals surface area contributed by atoms with Crippen LogP contribution in [-0.2, 0) is 14.1 Å². The molecule has 0 aliphatic carbocycles. The van der Waals surface area contributed by atoms with E-state index in [1.807, 2.05) is 20.8 Å². The van der Waals surface area contributed by atoms with Gasteiger partial charge in [-0.05, 0) is 24.5 Å². The van der Waals surface area contributed by atoms with Crippen LogP contribution < -0.4 is 9.61 Å². The molecule has 1 rings (SSSR count). The Kier molecular flexibility index (Phi) is 6.26. The molecule has 1 aromatic rings. The summed E-state index contributed by atoms with van der Waals surface area (Å²) in [5.41, 5.74) is -0.138. The van der Waals surface area contributed by atoms with E-state index < -0.39 is 18.9 Å². The van der Waals surface area contributed by atoms with Gasteiger partial charge in [0, 0.05) is 11.2 Å². The first kappa shape index (κ1) is 18.0. The normalized spacial score (nSPS) is 15.9. The van der Waals surface area contributed by atoms with Crippen LogP contribution in [0, 0.1) is 5.41 Å². The van der Waals surface area contributed by atoms with Gasteiger partial charge in [0.2, 0.25) is 0 Å². The predicted octanol–water partition coefficient (Wildman–Crippen LogP) is 3.98. The van der Waals surface area contributed by atoms with Gasteiger partial charge in [0.25, 0.3) is 0 Å². The Morgan fingerprint density at radius 2 is 1.90 bits per heavy atom. The Morgan fingerprint density at radius 3 is 2.43 bits per heavy atom. The van der Waals surface area contributed by atoms with Crippen molar-refractivity contribution in [3.05, 3.63) is 30.3 Å². The van der Waals surface area contributed by atoms with Gasteiger partial charge < -0.3 is 9.26 Å². The van der Waals surface area contributed by atoms with E-state index in [1.54, 1.807) is 30.3 Å². The monoisotopic (exact) mass is 333 g/mol. The van der Waals surface area contributed by atoms with E-state index in [0.717, 1.165) is 0 Å². The molecule has 0 aliphatic heterocycles. The molecule has 0 aliphatic rings. The van der Waals surface area contributed by atoms with E-state index in [4.69, 9.17) is 20.5 Å². The lowest BCUT2D eigenvalue weighted by Crippen LogP contribution is -2.34. The molecule has 7 heteroatoms. The van der Waals surface area contributed by atoms with Crippen LogP contribution in [0.15, 0.2) is 30.3 Å². The second kappa shape index (κ2) is 7.30. The molecule has 0 fully saturated rings. The molecule has 2 atom stereocenters. The van der Waals surface area contributed by atoms with Gasteiger partial charge in [-0.15, -0.1) is 0 Å². The summed E-state index contributed by atoms with van der Waals surface area (Å²) < 4.78 is 22.4. The number of esters is 1. The number of ether oxygens (including phenoxy) is 1. The largest absolute Gasteiger partial charge is 0.464 e. The zero-order chi connectivity index (χ0) is 16.1. The van der Waals surface area contributed by atoms with Crippen molar-refractivity contribution < 1.29 is 18.6 Å². The number of halogens is 1. The van der Waals surface area contributed by atoms with E-state index >= 15 is 0 Å². The average molecular weight is 334 g/mol. The standard InChI is InChI=1S/C14H21ClNO4P/c1-11(13(17)19-10-14(2,3)4)16-21(15,18)20-12-8-6-5-7-9-12/h5-9,11H,10H2,1-4H3,(H,16,18)/t11-,21?/m1/s1. The second-order valence-electron chi connectivity index (χ2n) is 5.90. The molecule has 0 amide bonds. The van der Waals surface area contributed by atoms with Crippen molar-refractivity contribution in [3.63, 3.8) is 0 Å². The van der Waals surface area contributed by atoms with Crippen molar-refractivity contribution in [3.8, 4) is 5.75 Å². The van der Waals surface area contributed by atoms with E-state index in [-0.39, 0.29) is 12.0 Å². The Labute approximate surface area is 130 Å². The second-order valence-corrected chi connectivity index (χ2v) is 8.64. The molecule has 118 valence electrons. The lowest BCUT2D eigenvalue weighted by molar-refractivity contribution is -0.147. The molecular formula is C14H21ClNO4P. The van der Waals surface area contributed by atoms with Crippen LogP contribution in [0.2, 0.25) is 0 Å². The maximum atomic E-state index is 12.1. The molecule has 1 unspecified atom stereocenters. The topological polar surface area (TPSA) is 64.6 Å². The van der Waals surface area contributed by atoms with Crippen molar-refractivity contribution in [1.82, 2.24) is 5.09 Å². The number of para-hydroxylation sites is 1. The molecule has 0 heterocycles. The van der Waals surface area contributed by atoms with E-state index in [1.165, 1.54) is 6.92 Å². The van der Waals surface area contributed by atoms with Gasteiger partial charge in [0.1, 0.15) is 11.8 Å². The minimum absolute atomic E-state index is 0.138. The quantitative estimate of drug-likeness (QED) is 0.630. The Balaban J connectivity index is 2.54. The number of hydrogen-bond acceptors (Lipinski definition) is 4. The smallest absolute Gasteiger partial charge is 0.409 e. The average Bonchev–Trinajstić information content (AvgIpc) is 2.35. The van der Waals surface area contributed by atoms with Crippen LogP contribution >= 0.6 is 18.1 Å². The first-order valence-electron chi connectivity index (χ1n) is 6.58. The minimum Gasteiger partial charge on any atom is -0.464 e. The highest BCUT2D eigenvalue weighted by atomic mass is 35.7. The highest BCUT2D eigenvalue weighted by Crippen LogP contribution is 2.48. The molecule has 5 nitrogen and oxygen atoms in total. The van der Waals surface area contributed by atoms with Crippen LogP contribution in [0.1, 0.15) is 27.7 Å². The fourth-order valence-electron chi connectivity index (χ4n) is 1.34. The SMILES string of the molecule is C[C@@H](NP(=O)(Cl)Oc1ccccc1)C(=O)OCC(C)(C)C. The van der Waals surface area contributed by atoms with Crippen molar-refractivity contribution in [2.75, 3.05) is 6.61 Å². The molecule has 0 spiro atoms. The van der Waals surface area contributed by atoms with E-state index in [2.05, 4.69) is 5.09 Å². The summed E-state index contributed by atoms with van der Waals surface area (Å²) in [5.74, 6) is -0.166. The van der Waals surface area contributed by atoms with Crippen LogP contribution in [0.4, 0.5) is 0 Å². The molecule has 1 aromatic carbocycles. The van der Waals surface area contributed by atoms with Gasteiger partial charge in [0.05, 0.1) is 6.61 Å². The highest BCUT2D eigenvalue weighted by molar-refractivity contribution is 7.84. The lowest BCUT2D eigenvalue weighted by atomic mass is 9.99. The van der Waals surface area contributed by atoms with Gasteiger partial charge >= 0.3 is 12.8 Å². The fraction of sp³-hybridized carbons (Fsp3) is 0.500. The maximum absolute atomic E-state index is 12.1. The fourth-order valence-corrected chi connectivity index (χ4v) is 3.03. The maximum Gasteiger partial charge on any atom is 0.409 e.